The number of hydrogen-bond acceptors (Lipinski definition) is 4. The van der Waals surface area contributed by atoms with Crippen LogP contribution >= 0.6 is 0 Å². The van der Waals surface area contributed by atoms with Gasteiger partial charge in [-0.05, 0) is 50.9 Å². The fourth-order valence-corrected chi connectivity index (χ4v) is 4.11. The molecule has 1 aliphatic rings. The second-order valence-electron chi connectivity index (χ2n) is 6.07. The summed E-state index contributed by atoms with van der Waals surface area (Å²) in [6.07, 6.45) is 2.28. The Labute approximate surface area is 121 Å². The first kappa shape index (κ1) is 15.5. The summed E-state index contributed by atoms with van der Waals surface area (Å²) in [5.41, 5.74) is 6.54. The third-order valence-electron chi connectivity index (χ3n) is 4.20. The Morgan fingerprint density at radius 2 is 2.10 bits per heavy atom. The molecule has 1 aromatic carbocycles. The molecular formula is C15H24N2O2S. The fraction of sp³-hybridized carbons (Fsp3) is 0.600. The number of nitrogens with zero attached hydrogens (tertiary/aromatic N) is 1. The number of hydrogen-bond donors (Lipinski definition) is 1. The molecule has 1 saturated heterocycles. The van der Waals surface area contributed by atoms with Crippen LogP contribution in [0.1, 0.15) is 32.3 Å². The van der Waals surface area contributed by atoms with Gasteiger partial charge in [-0.3, -0.25) is 4.90 Å². The van der Waals surface area contributed by atoms with E-state index in [1.165, 1.54) is 0 Å². The molecular weight excluding hydrogens is 272 g/mol. The summed E-state index contributed by atoms with van der Waals surface area (Å²) in [4.78, 5) is 2.66. The minimum Gasteiger partial charge on any atom is -0.326 e. The Balaban J connectivity index is 2.07. The molecule has 112 valence electrons. The average molecular weight is 296 g/mol. The zero-order chi connectivity index (χ0) is 14.8. The Bertz CT molecular complexity index is 567. The molecule has 0 atom stereocenters. The highest BCUT2D eigenvalue weighted by Crippen LogP contribution is 2.28. The van der Waals surface area contributed by atoms with Crippen LogP contribution in [0.2, 0.25) is 0 Å². The molecule has 0 aromatic heterocycles. The van der Waals surface area contributed by atoms with Crippen molar-refractivity contribution < 1.29 is 8.42 Å². The van der Waals surface area contributed by atoms with Gasteiger partial charge in [0.05, 0.1) is 10.6 Å². The number of nitrogens with two attached hydrogens (primary N) is 1. The number of sulfone groups is 1. The molecule has 0 amide bonds. The molecule has 5 heteroatoms. The van der Waals surface area contributed by atoms with Gasteiger partial charge in [0.25, 0.3) is 0 Å². The molecule has 0 saturated carbocycles. The Morgan fingerprint density at radius 3 is 2.70 bits per heavy atom. The van der Waals surface area contributed by atoms with Crippen LogP contribution in [0.25, 0.3) is 0 Å². The van der Waals surface area contributed by atoms with Crippen molar-refractivity contribution in [2.75, 3.05) is 18.8 Å². The predicted octanol–water partition coefficient (Wildman–Crippen LogP) is 1.79. The van der Waals surface area contributed by atoms with Crippen LogP contribution in [0.5, 0.6) is 0 Å². The maximum Gasteiger partial charge on any atom is 0.179 e. The molecule has 0 spiro atoms. The summed E-state index contributed by atoms with van der Waals surface area (Å²) in [6.45, 7) is 6.32. The van der Waals surface area contributed by atoms with Crippen molar-refractivity contribution in [1.29, 1.82) is 0 Å². The van der Waals surface area contributed by atoms with E-state index < -0.39 is 9.84 Å². The predicted molar refractivity (Wildman–Crippen MR) is 81.3 cm³/mol. The van der Waals surface area contributed by atoms with Crippen molar-refractivity contribution in [2.45, 2.75) is 43.7 Å². The van der Waals surface area contributed by atoms with Crippen molar-refractivity contribution in [3.05, 3.63) is 29.8 Å². The van der Waals surface area contributed by atoms with Crippen LogP contribution in [-0.2, 0) is 16.4 Å². The highest BCUT2D eigenvalue weighted by atomic mass is 32.2. The Kier molecular flexibility index (Phi) is 4.52. The van der Waals surface area contributed by atoms with E-state index in [9.17, 15) is 8.42 Å². The maximum atomic E-state index is 12.4. The second kappa shape index (κ2) is 5.84. The third-order valence-corrected chi connectivity index (χ3v) is 5.89. The fourth-order valence-electron chi connectivity index (χ4n) is 2.79. The average Bonchev–Trinajstić information content (AvgIpc) is 2.75. The lowest BCUT2D eigenvalue weighted by molar-refractivity contribution is 0.186. The van der Waals surface area contributed by atoms with E-state index in [0.29, 0.717) is 18.0 Å². The Hall–Kier alpha value is -0.910. The molecule has 1 aromatic rings. The van der Waals surface area contributed by atoms with Gasteiger partial charge in [-0.15, -0.1) is 0 Å². The summed E-state index contributed by atoms with van der Waals surface area (Å²) in [5.74, 6) is 0.171. The van der Waals surface area contributed by atoms with Crippen molar-refractivity contribution in [3.63, 3.8) is 0 Å². The smallest absolute Gasteiger partial charge is 0.179 e. The minimum atomic E-state index is -3.23. The van der Waals surface area contributed by atoms with Crippen molar-refractivity contribution in [2.24, 2.45) is 5.73 Å². The zero-order valence-electron chi connectivity index (χ0n) is 12.3. The number of benzene rings is 1. The molecule has 2 rings (SSSR count). The molecule has 0 radical (unpaired) electrons. The first-order valence-corrected chi connectivity index (χ1v) is 8.77. The van der Waals surface area contributed by atoms with E-state index in [1.54, 1.807) is 18.2 Å². The maximum absolute atomic E-state index is 12.4. The lowest BCUT2D eigenvalue weighted by Crippen LogP contribution is -2.40. The Morgan fingerprint density at radius 1 is 1.35 bits per heavy atom. The van der Waals surface area contributed by atoms with E-state index in [4.69, 9.17) is 5.73 Å². The summed E-state index contributed by atoms with van der Waals surface area (Å²) in [7, 11) is -3.23. The van der Waals surface area contributed by atoms with Crippen LogP contribution in [0, 0.1) is 0 Å². The molecule has 0 aliphatic carbocycles. The largest absolute Gasteiger partial charge is 0.326 e. The molecule has 2 N–H and O–H groups in total. The number of likely N-dealkylation sites (tertiary alicyclic amines) is 1. The topological polar surface area (TPSA) is 63.4 Å². The lowest BCUT2D eigenvalue weighted by Gasteiger charge is -2.31. The van der Waals surface area contributed by atoms with E-state index in [0.717, 1.165) is 24.9 Å². The first-order valence-electron chi connectivity index (χ1n) is 7.12. The van der Waals surface area contributed by atoms with Gasteiger partial charge >= 0.3 is 0 Å². The van der Waals surface area contributed by atoms with E-state index in [1.807, 2.05) is 6.07 Å². The van der Waals surface area contributed by atoms with Gasteiger partial charge in [0.2, 0.25) is 0 Å². The second-order valence-corrected chi connectivity index (χ2v) is 8.18. The van der Waals surface area contributed by atoms with Crippen molar-refractivity contribution in [1.82, 2.24) is 4.90 Å². The van der Waals surface area contributed by atoms with Gasteiger partial charge in [-0.1, -0.05) is 12.1 Å². The molecule has 1 fully saturated rings. The van der Waals surface area contributed by atoms with Crippen LogP contribution in [-0.4, -0.2) is 37.7 Å². The number of rotatable bonds is 5. The van der Waals surface area contributed by atoms with Crippen LogP contribution < -0.4 is 5.73 Å². The van der Waals surface area contributed by atoms with Crippen LogP contribution in [0.15, 0.2) is 29.2 Å². The minimum absolute atomic E-state index is 0.120. The SMILES string of the molecule is CC1(C)CCCN1CCS(=O)(=O)c1cccc(CN)c1. The summed E-state index contributed by atoms with van der Waals surface area (Å²) in [6, 6.07) is 6.95. The highest BCUT2D eigenvalue weighted by molar-refractivity contribution is 7.91. The van der Waals surface area contributed by atoms with E-state index >= 15 is 0 Å². The quantitative estimate of drug-likeness (QED) is 0.900. The third kappa shape index (κ3) is 3.40. The molecule has 1 aliphatic heterocycles. The molecule has 0 bridgehead atoms. The molecule has 4 nitrogen and oxygen atoms in total. The van der Waals surface area contributed by atoms with Crippen LogP contribution in [0.3, 0.4) is 0 Å². The van der Waals surface area contributed by atoms with Crippen molar-refractivity contribution in [3.8, 4) is 0 Å². The van der Waals surface area contributed by atoms with Gasteiger partial charge in [-0.25, -0.2) is 8.42 Å². The van der Waals surface area contributed by atoms with Gasteiger partial charge < -0.3 is 5.73 Å². The van der Waals surface area contributed by atoms with Crippen molar-refractivity contribution >= 4 is 9.84 Å². The summed E-state index contributed by atoms with van der Waals surface area (Å²) in [5, 5.41) is 0. The van der Waals surface area contributed by atoms with Gasteiger partial charge in [0.15, 0.2) is 9.84 Å². The van der Waals surface area contributed by atoms with Gasteiger partial charge in [0.1, 0.15) is 0 Å². The normalized spacial score (nSPS) is 19.4. The van der Waals surface area contributed by atoms with E-state index in [2.05, 4.69) is 18.7 Å². The van der Waals surface area contributed by atoms with Gasteiger partial charge in [-0.2, -0.15) is 0 Å². The highest BCUT2D eigenvalue weighted by Gasteiger charge is 2.32. The van der Waals surface area contributed by atoms with E-state index in [-0.39, 0.29) is 11.3 Å². The lowest BCUT2D eigenvalue weighted by atomic mass is 10.0. The standard InChI is InChI=1S/C15H24N2O2S/c1-15(2)7-4-8-17(15)9-10-20(18,19)14-6-3-5-13(11-14)12-16/h3,5-6,11H,4,7-10,12,16H2,1-2H3. The molecule has 20 heavy (non-hydrogen) atoms. The van der Waals surface area contributed by atoms with Gasteiger partial charge in [0, 0.05) is 18.6 Å². The first-order chi connectivity index (χ1) is 9.35. The zero-order valence-corrected chi connectivity index (χ0v) is 13.1. The molecule has 0 unspecified atom stereocenters. The molecule has 1 heterocycles. The van der Waals surface area contributed by atoms with Crippen LogP contribution in [0.4, 0.5) is 0 Å². The summed E-state index contributed by atoms with van der Waals surface area (Å²) >= 11 is 0. The monoisotopic (exact) mass is 296 g/mol. The summed E-state index contributed by atoms with van der Waals surface area (Å²) < 4.78 is 24.8.